The van der Waals surface area contributed by atoms with Gasteiger partial charge in [-0.05, 0) is 49.8 Å². The van der Waals surface area contributed by atoms with Gasteiger partial charge in [0, 0.05) is 52.3 Å². The molecule has 2 amide bonds. The van der Waals surface area contributed by atoms with Gasteiger partial charge in [-0.25, -0.2) is 0 Å². The second kappa shape index (κ2) is 13.7. The molecule has 2 rings (SSSR count). The second-order valence-electron chi connectivity index (χ2n) is 8.40. The molecule has 0 aromatic heterocycles. The second-order valence-corrected chi connectivity index (χ2v) is 8.40. The Morgan fingerprint density at radius 3 is 2.52 bits per heavy atom. The summed E-state index contributed by atoms with van der Waals surface area (Å²) in [5, 5.41) is 9.52. The van der Waals surface area contributed by atoms with Crippen LogP contribution in [0.2, 0.25) is 0 Å². The van der Waals surface area contributed by atoms with Crippen molar-refractivity contribution in [2.45, 2.75) is 51.9 Å². The number of rotatable bonds is 10. The topological polar surface area (TPSA) is 85.8 Å². The molecule has 31 heavy (non-hydrogen) atoms. The van der Waals surface area contributed by atoms with Gasteiger partial charge in [-0.1, -0.05) is 31.4 Å². The fraction of sp³-hybridized carbons (Fsp3) is 0.625. The van der Waals surface area contributed by atoms with E-state index in [0.29, 0.717) is 37.5 Å². The maximum absolute atomic E-state index is 12.1. The molecule has 1 fully saturated rings. The lowest BCUT2D eigenvalue weighted by molar-refractivity contribution is -0.122. The monoisotopic (exact) mass is 429 g/mol. The maximum Gasteiger partial charge on any atom is 0.253 e. The van der Waals surface area contributed by atoms with Crippen molar-refractivity contribution >= 4 is 17.8 Å². The summed E-state index contributed by atoms with van der Waals surface area (Å²) >= 11 is 0. The summed E-state index contributed by atoms with van der Waals surface area (Å²) in [4.78, 5) is 30.4. The predicted molar refractivity (Wildman–Crippen MR) is 126 cm³/mol. The summed E-state index contributed by atoms with van der Waals surface area (Å²) < 4.78 is 0. The van der Waals surface area contributed by atoms with Crippen molar-refractivity contribution in [1.82, 2.24) is 20.9 Å². The average molecular weight is 430 g/mol. The maximum atomic E-state index is 12.1. The van der Waals surface area contributed by atoms with E-state index < -0.39 is 0 Å². The fourth-order valence-electron chi connectivity index (χ4n) is 3.87. The van der Waals surface area contributed by atoms with Crippen LogP contribution >= 0.6 is 0 Å². The molecule has 3 N–H and O–H groups in total. The van der Waals surface area contributed by atoms with E-state index in [1.807, 2.05) is 31.2 Å². The Morgan fingerprint density at radius 2 is 1.81 bits per heavy atom. The molecule has 172 valence electrons. The van der Waals surface area contributed by atoms with Gasteiger partial charge in [0.25, 0.3) is 5.91 Å². The smallest absolute Gasteiger partial charge is 0.253 e. The molecule has 1 aliphatic rings. The number of hydrogen-bond donors (Lipinski definition) is 3. The van der Waals surface area contributed by atoms with Gasteiger partial charge in [0.05, 0.1) is 0 Å². The molecule has 0 atom stereocenters. The first kappa shape index (κ1) is 24.7. The lowest BCUT2D eigenvalue weighted by Gasteiger charge is -2.20. The SMILES string of the molecule is CCNC(=NCCc1cccc(C(=O)N(C)C)c1)NCCNC(=O)CC1CCCCC1. The number of amides is 2. The highest BCUT2D eigenvalue weighted by Crippen LogP contribution is 2.25. The Bertz CT molecular complexity index is 726. The molecule has 0 radical (unpaired) electrons. The van der Waals surface area contributed by atoms with Crippen LogP contribution in [0.3, 0.4) is 0 Å². The molecular weight excluding hydrogens is 390 g/mol. The van der Waals surface area contributed by atoms with Crippen LogP contribution in [0.5, 0.6) is 0 Å². The van der Waals surface area contributed by atoms with E-state index in [2.05, 4.69) is 20.9 Å². The van der Waals surface area contributed by atoms with Gasteiger partial charge in [0.1, 0.15) is 0 Å². The van der Waals surface area contributed by atoms with E-state index in [1.165, 1.54) is 32.1 Å². The highest BCUT2D eigenvalue weighted by atomic mass is 16.2. The Kier molecular flexibility index (Phi) is 10.9. The summed E-state index contributed by atoms with van der Waals surface area (Å²) in [7, 11) is 3.51. The minimum absolute atomic E-state index is 0.00545. The molecule has 1 aromatic rings. The van der Waals surface area contributed by atoms with Crippen molar-refractivity contribution in [2.24, 2.45) is 10.9 Å². The number of hydrogen-bond acceptors (Lipinski definition) is 3. The zero-order valence-corrected chi connectivity index (χ0v) is 19.4. The van der Waals surface area contributed by atoms with Crippen LogP contribution < -0.4 is 16.0 Å². The molecule has 1 aliphatic carbocycles. The van der Waals surface area contributed by atoms with E-state index in [0.717, 1.165) is 24.5 Å². The standard InChI is InChI=1S/C24H39N5O2/c1-4-25-24(28-16-15-26-22(30)18-19-9-6-5-7-10-19)27-14-13-20-11-8-12-21(17-20)23(31)29(2)3/h8,11-12,17,19H,4-7,9-10,13-16,18H2,1-3H3,(H,26,30)(H2,25,27,28). The lowest BCUT2D eigenvalue weighted by atomic mass is 9.87. The van der Waals surface area contributed by atoms with Crippen LogP contribution in [0.25, 0.3) is 0 Å². The lowest BCUT2D eigenvalue weighted by Crippen LogP contribution is -2.41. The van der Waals surface area contributed by atoms with Gasteiger partial charge in [-0.3, -0.25) is 14.6 Å². The molecule has 0 saturated heterocycles. The highest BCUT2D eigenvalue weighted by Gasteiger charge is 2.16. The Labute approximate surface area is 187 Å². The third-order valence-electron chi connectivity index (χ3n) is 5.53. The highest BCUT2D eigenvalue weighted by molar-refractivity contribution is 5.94. The third kappa shape index (κ3) is 9.40. The fourth-order valence-corrected chi connectivity index (χ4v) is 3.87. The first-order valence-corrected chi connectivity index (χ1v) is 11.6. The van der Waals surface area contributed by atoms with Gasteiger partial charge < -0.3 is 20.9 Å². The van der Waals surface area contributed by atoms with Crippen molar-refractivity contribution in [1.29, 1.82) is 0 Å². The average Bonchev–Trinajstić information content (AvgIpc) is 2.77. The Balaban J connectivity index is 1.73. The number of aliphatic imine (C=N–C) groups is 1. The number of nitrogens with one attached hydrogen (secondary N) is 3. The van der Waals surface area contributed by atoms with Gasteiger partial charge in [-0.2, -0.15) is 0 Å². The van der Waals surface area contributed by atoms with Crippen molar-refractivity contribution < 1.29 is 9.59 Å². The summed E-state index contributed by atoms with van der Waals surface area (Å²) in [6, 6.07) is 7.70. The number of benzene rings is 1. The molecule has 1 saturated carbocycles. The summed E-state index contributed by atoms with van der Waals surface area (Å²) in [5.74, 6) is 1.46. The third-order valence-corrected chi connectivity index (χ3v) is 5.53. The zero-order valence-electron chi connectivity index (χ0n) is 19.4. The van der Waals surface area contributed by atoms with Crippen molar-refractivity contribution in [3.05, 3.63) is 35.4 Å². The van der Waals surface area contributed by atoms with Crippen LogP contribution in [0.15, 0.2) is 29.3 Å². The van der Waals surface area contributed by atoms with E-state index in [9.17, 15) is 9.59 Å². The van der Waals surface area contributed by atoms with E-state index in [1.54, 1.807) is 19.0 Å². The van der Waals surface area contributed by atoms with Crippen molar-refractivity contribution in [3.8, 4) is 0 Å². The molecule has 7 heteroatoms. The molecule has 0 aliphatic heterocycles. The number of guanidine groups is 1. The molecule has 0 heterocycles. The van der Waals surface area contributed by atoms with Crippen LogP contribution in [0, 0.1) is 5.92 Å². The molecule has 0 bridgehead atoms. The predicted octanol–water partition coefficient (Wildman–Crippen LogP) is 2.57. The molecule has 0 unspecified atom stereocenters. The van der Waals surface area contributed by atoms with Crippen LogP contribution in [0.1, 0.15) is 61.4 Å². The van der Waals surface area contributed by atoms with Crippen LogP contribution in [0.4, 0.5) is 0 Å². The molecular formula is C24H39N5O2. The Morgan fingerprint density at radius 1 is 1.06 bits per heavy atom. The zero-order chi connectivity index (χ0) is 22.5. The van der Waals surface area contributed by atoms with Crippen molar-refractivity contribution in [2.75, 3.05) is 40.3 Å². The largest absolute Gasteiger partial charge is 0.357 e. The summed E-state index contributed by atoms with van der Waals surface area (Å²) in [6.45, 7) is 4.63. The van der Waals surface area contributed by atoms with Crippen LogP contribution in [-0.4, -0.2) is 62.9 Å². The first-order chi connectivity index (χ1) is 15.0. The number of carbonyl (C=O) groups is 2. The Hall–Kier alpha value is -2.57. The minimum atomic E-state index is 0.00545. The summed E-state index contributed by atoms with van der Waals surface area (Å²) in [6.07, 6.45) is 7.63. The van der Waals surface area contributed by atoms with Crippen LogP contribution in [-0.2, 0) is 11.2 Å². The number of carbonyl (C=O) groups excluding carboxylic acids is 2. The van der Waals surface area contributed by atoms with E-state index in [-0.39, 0.29) is 11.8 Å². The van der Waals surface area contributed by atoms with Gasteiger partial charge in [-0.15, -0.1) is 0 Å². The van der Waals surface area contributed by atoms with E-state index in [4.69, 9.17) is 0 Å². The van der Waals surface area contributed by atoms with E-state index >= 15 is 0 Å². The molecule has 7 nitrogen and oxygen atoms in total. The van der Waals surface area contributed by atoms with Gasteiger partial charge >= 0.3 is 0 Å². The number of nitrogens with zero attached hydrogens (tertiary/aromatic N) is 2. The quantitative estimate of drug-likeness (QED) is 0.303. The van der Waals surface area contributed by atoms with Gasteiger partial charge in [0.2, 0.25) is 5.91 Å². The van der Waals surface area contributed by atoms with Crippen molar-refractivity contribution in [3.63, 3.8) is 0 Å². The molecule has 0 spiro atoms. The summed E-state index contributed by atoms with van der Waals surface area (Å²) in [5.41, 5.74) is 1.78. The van der Waals surface area contributed by atoms with Gasteiger partial charge in [0.15, 0.2) is 5.96 Å². The minimum Gasteiger partial charge on any atom is -0.357 e. The first-order valence-electron chi connectivity index (χ1n) is 11.6. The normalized spacial score (nSPS) is 14.7. The molecule has 1 aromatic carbocycles.